The summed E-state index contributed by atoms with van der Waals surface area (Å²) in [7, 11) is 3.80. The van der Waals surface area contributed by atoms with E-state index in [-0.39, 0.29) is 5.91 Å². The van der Waals surface area contributed by atoms with Crippen LogP contribution in [0, 0.1) is 0 Å². The van der Waals surface area contributed by atoms with Crippen molar-refractivity contribution < 1.29 is 9.53 Å². The predicted octanol–water partition coefficient (Wildman–Crippen LogP) is 2.75. The van der Waals surface area contributed by atoms with Crippen LogP contribution in [-0.2, 0) is 6.42 Å². The number of carbonyl (C=O) groups is 1. The molecule has 2 aromatic carbocycles. The van der Waals surface area contributed by atoms with Gasteiger partial charge in [-0.05, 0) is 38.1 Å². The number of rotatable bonds is 6. The van der Waals surface area contributed by atoms with Gasteiger partial charge in [-0.2, -0.15) is 0 Å². The lowest BCUT2D eigenvalue weighted by molar-refractivity contribution is 0.0950. The van der Waals surface area contributed by atoms with Crippen molar-refractivity contribution in [2.45, 2.75) is 12.8 Å². The van der Waals surface area contributed by atoms with E-state index in [4.69, 9.17) is 4.74 Å². The smallest absolute Gasteiger partial charge is 0.272 e. The van der Waals surface area contributed by atoms with Crippen LogP contribution in [0.5, 0.6) is 5.75 Å². The fourth-order valence-corrected chi connectivity index (χ4v) is 4.05. The first kappa shape index (κ1) is 21.1. The number of nitrogens with one attached hydrogen (secondary N) is 1. The zero-order valence-corrected chi connectivity index (χ0v) is 18.2. The third-order valence-corrected chi connectivity index (χ3v) is 5.77. The minimum atomic E-state index is -0.208. The summed E-state index contributed by atoms with van der Waals surface area (Å²) >= 11 is 0. The Balaban J connectivity index is 1.52. The summed E-state index contributed by atoms with van der Waals surface area (Å²) in [5.41, 5.74) is 1.43. The van der Waals surface area contributed by atoms with Crippen molar-refractivity contribution in [3.05, 3.63) is 59.8 Å². The molecule has 1 N–H and O–H groups in total. The summed E-state index contributed by atoms with van der Waals surface area (Å²) in [5, 5.41) is 13.6. The zero-order valence-electron chi connectivity index (χ0n) is 18.2. The van der Waals surface area contributed by atoms with E-state index in [1.54, 1.807) is 7.11 Å². The maximum absolute atomic E-state index is 12.9. The Morgan fingerprint density at radius 2 is 1.77 bits per heavy atom. The number of hydrogen-bond donors (Lipinski definition) is 1. The van der Waals surface area contributed by atoms with Gasteiger partial charge in [0.05, 0.1) is 7.11 Å². The summed E-state index contributed by atoms with van der Waals surface area (Å²) < 4.78 is 5.39. The van der Waals surface area contributed by atoms with Crippen LogP contribution in [0.15, 0.2) is 48.5 Å². The van der Waals surface area contributed by atoms with E-state index in [2.05, 4.69) is 32.4 Å². The van der Waals surface area contributed by atoms with Crippen LogP contribution in [0.4, 0.5) is 5.82 Å². The Hall–Kier alpha value is -3.19. The molecule has 3 aromatic rings. The van der Waals surface area contributed by atoms with E-state index < -0.39 is 0 Å². The van der Waals surface area contributed by atoms with Crippen LogP contribution < -0.4 is 15.0 Å². The van der Waals surface area contributed by atoms with E-state index >= 15 is 0 Å². The predicted molar refractivity (Wildman–Crippen MR) is 123 cm³/mol. The van der Waals surface area contributed by atoms with Gasteiger partial charge >= 0.3 is 0 Å². The van der Waals surface area contributed by atoms with Crippen LogP contribution >= 0.6 is 0 Å². The van der Waals surface area contributed by atoms with Gasteiger partial charge in [0.1, 0.15) is 5.75 Å². The summed E-state index contributed by atoms with van der Waals surface area (Å²) in [6.45, 7) is 4.40. The number of fused-ring (bicyclic) bond motifs is 1. The molecule has 162 valence electrons. The third-order valence-electron chi connectivity index (χ3n) is 5.77. The number of hydrogen-bond acceptors (Lipinski definition) is 6. The maximum atomic E-state index is 12.9. The molecule has 0 radical (unpaired) electrons. The normalized spacial score (nSPS) is 15.0. The summed E-state index contributed by atoms with van der Waals surface area (Å²) in [5.74, 6) is 1.48. The first-order valence-electron chi connectivity index (χ1n) is 10.8. The average Bonchev–Trinajstić information content (AvgIpc) is 3.03. The van der Waals surface area contributed by atoms with Crippen molar-refractivity contribution >= 4 is 22.5 Å². The largest absolute Gasteiger partial charge is 0.496 e. The second-order valence-electron chi connectivity index (χ2n) is 7.88. The second-order valence-corrected chi connectivity index (χ2v) is 7.88. The molecule has 31 heavy (non-hydrogen) atoms. The van der Waals surface area contributed by atoms with Gasteiger partial charge in [-0.1, -0.05) is 42.5 Å². The number of carbonyl (C=O) groups excluding carboxylic acids is 1. The van der Waals surface area contributed by atoms with E-state index in [1.165, 1.54) is 0 Å². The number of anilines is 1. The summed E-state index contributed by atoms with van der Waals surface area (Å²) in [6, 6.07) is 15.7. The van der Waals surface area contributed by atoms with E-state index in [1.807, 2.05) is 48.5 Å². The molecule has 0 aliphatic carbocycles. The van der Waals surface area contributed by atoms with E-state index in [9.17, 15) is 4.79 Å². The maximum Gasteiger partial charge on any atom is 0.272 e. The summed E-state index contributed by atoms with van der Waals surface area (Å²) in [4.78, 5) is 17.5. The lowest BCUT2D eigenvalue weighted by Crippen LogP contribution is -2.31. The summed E-state index contributed by atoms with van der Waals surface area (Å²) in [6.07, 6.45) is 1.76. The topological polar surface area (TPSA) is 70.6 Å². The third kappa shape index (κ3) is 4.77. The molecule has 7 heteroatoms. The number of methoxy groups -OCH3 is 1. The van der Waals surface area contributed by atoms with Gasteiger partial charge in [-0.15, -0.1) is 10.2 Å². The molecule has 1 fully saturated rings. The molecule has 4 rings (SSSR count). The van der Waals surface area contributed by atoms with Crippen LogP contribution in [0.1, 0.15) is 22.5 Å². The minimum Gasteiger partial charge on any atom is -0.496 e. The molecule has 1 aliphatic rings. The standard InChI is InChI=1S/C24H29N5O2/c1-28-14-7-15-29(17-16-28)23-20-10-5-4-9-19(20)22(26-27-23)24(30)25-13-12-18-8-3-6-11-21(18)31-2/h3-6,8-11H,7,12-17H2,1-2H3,(H,25,30). The Kier molecular flexibility index (Phi) is 6.62. The molecule has 0 saturated carbocycles. The second kappa shape index (κ2) is 9.75. The monoisotopic (exact) mass is 419 g/mol. The van der Waals surface area contributed by atoms with Crippen LogP contribution in [0.25, 0.3) is 10.8 Å². The van der Waals surface area contributed by atoms with Crippen molar-refractivity contribution in [2.24, 2.45) is 0 Å². The van der Waals surface area contributed by atoms with Crippen molar-refractivity contribution in [1.82, 2.24) is 20.4 Å². The number of para-hydroxylation sites is 1. The lowest BCUT2D eigenvalue weighted by atomic mass is 10.1. The van der Waals surface area contributed by atoms with Gasteiger partial charge in [0, 0.05) is 37.0 Å². The van der Waals surface area contributed by atoms with Crippen LogP contribution in [-0.4, -0.2) is 67.9 Å². The highest BCUT2D eigenvalue weighted by molar-refractivity contribution is 6.07. The highest BCUT2D eigenvalue weighted by atomic mass is 16.5. The van der Waals surface area contributed by atoms with Crippen molar-refractivity contribution in [3.63, 3.8) is 0 Å². The molecule has 0 spiro atoms. The van der Waals surface area contributed by atoms with Gasteiger partial charge in [-0.25, -0.2) is 0 Å². The Morgan fingerprint density at radius 1 is 1.00 bits per heavy atom. The fourth-order valence-electron chi connectivity index (χ4n) is 4.05. The number of aromatic nitrogens is 2. The molecule has 2 heterocycles. The van der Waals surface area contributed by atoms with Gasteiger partial charge in [-0.3, -0.25) is 4.79 Å². The fraction of sp³-hybridized carbons (Fsp3) is 0.375. The van der Waals surface area contributed by atoms with Gasteiger partial charge in [0.25, 0.3) is 5.91 Å². The van der Waals surface area contributed by atoms with Gasteiger partial charge in [0.15, 0.2) is 11.5 Å². The number of benzene rings is 2. The quantitative estimate of drug-likeness (QED) is 0.663. The van der Waals surface area contributed by atoms with Crippen LogP contribution in [0.3, 0.4) is 0 Å². The lowest BCUT2D eigenvalue weighted by Gasteiger charge is -2.23. The molecular formula is C24H29N5O2. The van der Waals surface area contributed by atoms with Crippen molar-refractivity contribution in [1.29, 1.82) is 0 Å². The van der Waals surface area contributed by atoms with Crippen LogP contribution in [0.2, 0.25) is 0 Å². The molecule has 1 aliphatic heterocycles. The first-order valence-corrected chi connectivity index (χ1v) is 10.8. The number of likely N-dealkylation sites (N-methyl/N-ethyl adjacent to an activating group) is 1. The SMILES string of the molecule is COc1ccccc1CCNC(=O)c1nnc(N2CCCN(C)CC2)c2ccccc12. The average molecular weight is 420 g/mol. The number of nitrogens with zero attached hydrogens (tertiary/aromatic N) is 4. The highest BCUT2D eigenvalue weighted by Gasteiger charge is 2.20. The number of amides is 1. The highest BCUT2D eigenvalue weighted by Crippen LogP contribution is 2.26. The molecule has 7 nitrogen and oxygen atoms in total. The zero-order chi connectivity index (χ0) is 21.6. The van der Waals surface area contributed by atoms with Crippen molar-refractivity contribution in [3.8, 4) is 5.75 Å². The van der Waals surface area contributed by atoms with E-state index in [0.717, 1.165) is 60.5 Å². The Morgan fingerprint density at radius 3 is 2.61 bits per heavy atom. The molecule has 1 aromatic heterocycles. The van der Waals surface area contributed by atoms with E-state index in [0.29, 0.717) is 18.7 Å². The van der Waals surface area contributed by atoms with Crippen molar-refractivity contribution in [2.75, 3.05) is 51.8 Å². The Bertz CT molecular complexity index is 1060. The molecule has 1 saturated heterocycles. The molecule has 0 atom stereocenters. The van der Waals surface area contributed by atoms with Gasteiger partial charge < -0.3 is 19.9 Å². The minimum absolute atomic E-state index is 0.208. The number of ether oxygens (including phenoxy) is 1. The first-order chi connectivity index (χ1) is 15.2. The molecule has 0 bridgehead atoms. The molecule has 0 unspecified atom stereocenters. The Labute approximate surface area is 183 Å². The van der Waals surface area contributed by atoms with Gasteiger partial charge in [0.2, 0.25) is 0 Å². The molecule has 1 amide bonds. The molecular weight excluding hydrogens is 390 g/mol.